The maximum Gasteiger partial charge on any atom is 0.300 e. The van der Waals surface area contributed by atoms with Gasteiger partial charge >= 0.3 is 0 Å². The molecule has 2 aromatic carbocycles. The number of oxazole rings is 1. The first-order chi connectivity index (χ1) is 15.5. The van der Waals surface area contributed by atoms with Crippen molar-refractivity contribution in [2.24, 2.45) is 0 Å². The van der Waals surface area contributed by atoms with Gasteiger partial charge in [0.2, 0.25) is 5.89 Å². The number of nitrogens with zero attached hydrogens (tertiary/aromatic N) is 1. The minimum Gasteiger partial charge on any atom is -0.493 e. The third kappa shape index (κ3) is 7.26. The Balaban J connectivity index is 0.000000547. The molecule has 1 aliphatic rings. The van der Waals surface area contributed by atoms with E-state index in [1.807, 2.05) is 13.8 Å². The van der Waals surface area contributed by atoms with Gasteiger partial charge in [-0.05, 0) is 61.6 Å². The summed E-state index contributed by atoms with van der Waals surface area (Å²) in [6.07, 6.45) is 5.24. The molecule has 0 saturated heterocycles. The third-order valence-electron chi connectivity index (χ3n) is 5.08. The summed E-state index contributed by atoms with van der Waals surface area (Å²) in [4.78, 5) is 13.7. The van der Waals surface area contributed by atoms with Crippen LogP contribution in [0.1, 0.15) is 62.3 Å². The fourth-order valence-corrected chi connectivity index (χ4v) is 3.58. The molecule has 1 aliphatic carbocycles. The number of hydrogen-bond donors (Lipinski definition) is 1. The van der Waals surface area contributed by atoms with Crippen LogP contribution in [-0.2, 0) is 30.5 Å². The Morgan fingerprint density at radius 3 is 2.41 bits per heavy atom. The minimum atomic E-state index is -0.833. The number of carbonyl (C=O) groups is 1. The van der Waals surface area contributed by atoms with Gasteiger partial charge in [0.15, 0.2) is 0 Å². The quantitative estimate of drug-likeness (QED) is 0.480. The predicted molar refractivity (Wildman–Crippen MR) is 128 cm³/mol. The standard InChI is InChI=1S/C23H25NO2.C2H4O2.C2H6/c1-3-22-21(24-23(26-22)18-9-7-16(2)8-10-18)13-14-25-20-12-11-17-5-4-6-19(17)15-20;1-2(3)4;1-2/h7-12,15H,3-6,13-14H2,1-2H3;1H3,(H,3,4);1-2H3. The van der Waals surface area contributed by atoms with E-state index in [2.05, 4.69) is 56.3 Å². The first-order valence-corrected chi connectivity index (χ1v) is 11.5. The molecule has 1 heterocycles. The molecule has 32 heavy (non-hydrogen) atoms. The number of carboxylic acids is 1. The molecule has 0 aliphatic heterocycles. The molecule has 172 valence electrons. The van der Waals surface area contributed by atoms with E-state index >= 15 is 0 Å². The molecule has 0 unspecified atom stereocenters. The summed E-state index contributed by atoms with van der Waals surface area (Å²) in [5.41, 5.74) is 6.18. The molecule has 0 atom stereocenters. The van der Waals surface area contributed by atoms with Gasteiger partial charge in [-0.15, -0.1) is 0 Å². The topological polar surface area (TPSA) is 72.6 Å². The number of hydrogen-bond acceptors (Lipinski definition) is 4. The van der Waals surface area contributed by atoms with Gasteiger partial charge in [0.05, 0.1) is 12.3 Å². The van der Waals surface area contributed by atoms with Crippen molar-refractivity contribution >= 4 is 5.97 Å². The van der Waals surface area contributed by atoms with Gasteiger partial charge < -0.3 is 14.3 Å². The largest absolute Gasteiger partial charge is 0.493 e. The van der Waals surface area contributed by atoms with Crippen LogP contribution in [0.15, 0.2) is 46.9 Å². The third-order valence-corrected chi connectivity index (χ3v) is 5.08. The van der Waals surface area contributed by atoms with E-state index in [9.17, 15) is 0 Å². The van der Waals surface area contributed by atoms with Gasteiger partial charge in [-0.2, -0.15) is 0 Å². The fraction of sp³-hybridized carbons (Fsp3) is 0.407. The van der Waals surface area contributed by atoms with Crippen LogP contribution in [0, 0.1) is 6.92 Å². The summed E-state index contributed by atoms with van der Waals surface area (Å²) in [5.74, 6) is 1.79. The molecule has 4 rings (SSSR count). The summed E-state index contributed by atoms with van der Waals surface area (Å²) in [6, 6.07) is 14.8. The van der Waals surface area contributed by atoms with E-state index < -0.39 is 5.97 Å². The van der Waals surface area contributed by atoms with Crippen LogP contribution in [0.2, 0.25) is 0 Å². The van der Waals surface area contributed by atoms with Crippen molar-refractivity contribution in [2.75, 3.05) is 6.61 Å². The van der Waals surface area contributed by atoms with Gasteiger partial charge in [-0.1, -0.05) is 44.5 Å². The number of ether oxygens (including phenoxy) is 1. The molecular weight excluding hydrogens is 402 g/mol. The van der Waals surface area contributed by atoms with Crippen LogP contribution in [0.3, 0.4) is 0 Å². The summed E-state index contributed by atoms with van der Waals surface area (Å²) in [7, 11) is 0. The van der Waals surface area contributed by atoms with Crippen molar-refractivity contribution in [1.82, 2.24) is 4.98 Å². The van der Waals surface area contributed by atoms with Crippen molar-refractivity contribution in [3.63, 3.8) is 0 Å². The Bertz CT molecular complexity index is 985. The molecular formula is C27H35NO4. The van der Waals surface area contributed by atoms with E-state index in [1.165, 1.54) is 36.0 Å². The Labute approximate surface area is 191 Å². The van der Waals surface area contributed by atoms with Crippen LogP contribution in [0.25, 0.3) is 11.5 Å². The van der Waals surface area contributed by atoms with Gasteiger partial charge in [-0.3, -0.25) is 4.79 Å². The minimum absolute atomic E-state index is 0.617. The maximum absolute atomic E-state index is 9.00. The second-order valence-electron chi connectivity index (χ2n) is 7.51. The molecule has 0 saturated carbocycles. The average molecular weight is 438 g/mol. The second-order valence-corrected chi connectivity index (χ2v) is 7.51. The van der Waals surface area contributed by atoms with E-state index in [0.717, 1.165) is 42.5 Å². The zero-order chi connectivity index (χ0) is 23.5. The smallest absolute Gasteiger partial charge is 0.300 e. The molecule has 5 heteroatoms. The summed E-state index contributed by atoms with van der Waals surface area (Å²) in [6.45, 7) is 9.88. The van der Waals surface area contributed by atoms with E-state index in [4.69, 9.17) is 24.0 Å². The lowest BCUT2D eigenvalue weighted by Gasteiger charge is -2.07. The first-order valence-electron chi connectivity index (χ1n) is 11.5. The molecule has 0 fully saturated rings. The van der Waals surface area contributed by atoms with Crippen molar-refractivity contribution in [2.45, 2.75) is 66.7 Å². The number of rotatable bonds is 6. The van der Waals surface area contributed by atoms with Crippen LogP contribution < -0.4 is 4.74 Å². The highest BCUT2D eigenvalue weighted by atomic mass is 16.5. The Kier molecular flexibility index (Phi) is 9.99. The average Bonchev–Trinajstić information content (AvgIpc) is 3.42. The lowest BCUT2D eigenvalue weighted by molar-refractivity contribution is -0.134. The fourth-order valence-electron chi connectivity index (χ4n) is 3.58. The first kappa shape index (κ1) is 25.2. The van der Waals surface area contributed by atoms with Gasteiger partial charge in [0.1, 0.15) is 11.5 Å². The molecule has 1 N–H and O–H groups in total. The zero-order valence-electron chi connectivity index (χ0n) is 19.9. The molecule has 3 aromatic rings. The lowest BCUT2D eigenvalue weighted by atomic mass is 10.1. The molecule has 1 aromatic heterocycles. The zero-order valence-corrected chi connectivity index (χ0v) is 19.9. The molecule has 0 bridgehead atoms. The summed E-state index contributed by atoms with van der Waals surface area (Å²) < 4.78 is 12.0. The highest BCUT2D eigenvalue weighted by Gasteiger charge is 2.14. The van der Waals surface area contributed by atoms with Crippen molar-refractivity contribution in [3.8, 4) is 17.2 Å². The summed E-state index contributed by atoms with van der Waals surface area (Å²) >= 11 is 0. The van der Waals surface area contributed by atoms with Crippen molar-refractivity contribution < 1.29 is 19.1 Å². The van der Waals surface area contributed by atoms with Crippen molar-refractivity contribution in [1.29, 1.82) is 0 Å². The lowest BCUT2D eigenvalue weighted by Crippen LogP contribution is -2.04. The van der Waals surface area contributed by atoms with Crippen molar-refractivity contribution in [3.05, 3.63) is 70.6 Å². The number of aliphatic carboxylic acids is 1. The van der Waals surface area contributed by atoms with Crippen LogP contribution in [0.4, 0.5) is 0 Å². The highest BCUT2D eigenvalue weighted by molar-refractivity contribution is 5.63. The van der Waals surface area contributed by atoms with Crippen LogP contribution >= 0.6 is 0 Å². The van der Waals surface area contributed by atoms with E-state index in [0.29, 0.717) is 12.5 Å². The normalized spacial score (nSPS) is 11.5. The highest BCUT2D eigenvalue weighted by Crippen LogP contribution is 2.27. The maximum atomic E-state index is 9.00. The van der Waals surface area contributed by atoms with Gasteiger partial charge in [0.25, 0.3) is 5.97 Å². The molecule has 0 amide bonds. The van der Waals surface area contributed by atoms with Gasteiger partial charge in [0, 0.05) is 25.3 Å². The summed E-state index contributed by atoms with van der Waals surface area (Å²) in [5, 5.41) is 7.42. The number of aryl methyl sites for hydroxylation is 4. The van der Waals surface area contributed by atoms with E-state index in [-0.39, 0.29) is 0 Å². The molecule has 5 nitrogen and oxygen atoms in total. The monoisotopic (exact) mass is 437 g/mol. The SMILES string of the molecule is CC.CC(=O)O.CCc1oc(-c2ccc(C)cc2)nc1CCOc1ccc2c(c1)CCC2. The van der Waals surface area contributed by atoms with Crippen LogP contribution in [-0.4, -0.2) is 22.7 Å². The number of aromatic nitrogens is 1. The molecule has 0 spiro atoms. The molecule has 0 radical (unpaired) electrons. The second kappa shape index (κ2) is 12.7. The van der Waals surface area contributed by atoms with Crippen LogP contribution in [0.5, 0.6) is 5.75 Å². The van der Waals surface area contributed by atoms with E-state index in [1.54, 1.807) is 0 Å². The number of fused-ring (bicyclic) bond motifs is 1. The Morgan fingerprint density at radius 1 is 1.09 bits per heavy atom. The van der Waals surface area contributed by atoms with Gasteiger partial charge in [-0.25, -0.2) is 4.98 Å². The number of benzene rings is 2. The Morgan fingerprint density at radius 2 is 1.75 bits per heavy atom. The Hall–Kier alpha value is -3.08. The number of carboxylic acid groups (broad SMARTS) is 1. The predicted octanol–water partition coefficient (Wildman–Crippen LogP) is 6.44.